The average Bonchev–Trinajstić information content (AvgIpc) is 3.76. The van der Waals surface area contributed by atoms with Crippen LogP contribution in [0, 0.1) is 0 Å². The third-order valence-electron chi connectivity index (χ3n) is 13.7. The smallest absolute Gasteiger partial charge is 0.143 e. The molecule has 1 aliphatic rings. The van der Waals surface area contributed by atoms with Crippen molar-refractivity contribution in [1.82, 2.24) is 0 Å². The van der Waals surface area contributed by atoms with Crippen LogP contribution in [0.15, 0.2) is 223 Å². The molecule has 0 bridgehead atoms. The van der Waals surface area contributed by atoms with Crippen LogP contribution in [0.1, 0.15) is 43.6 Å². The summed E-state index contributed by atoms with van der Waals surface area (Å²) in [6.45, 7) is 0. The Hall–Kier alpha value is -7.68. The van der Waals surface area contributed by atoms with Crippen molar-refractivity contribution in [3.05, 3.63) is 224 Å². The fourth-order valence-corrected chi connectivity index (χ4v) is 10.8. The van der Waals surface area contributed by atoms with E-state index >= 15 is 0 Å². The highest BCUT2D eigenvalue weighted by Gasteiger charge is 2.25. The molecule has 0 atom stereocenters. The molecule has 0 radical (unpaired) electrons. The summed E-state index contributed by atoms with van der Waals surface area (Å²) in [6.07, 6.45) is 6.41. The van der Waals surface area contributed by atoms with E-state index in [1.165, 1.54) is 87.0 Å². The number of fused-ring (bicyclic) bond motifs is 5. The Bertz CT molecular complexity index is 3490. The molecule has 1 heterocycles. The number of furan rings is 1. The molecular formula is C62H47NO. The van der Waals surface area contributed by atoms with Crippen LogP contribution >= 0.6 is 0 Å². The molecule has 0 amide bonds. The van der Waals surface area contributed by atoms with Crippen LogP contribution in [0.5, 0.6) is 0 Å². The molecule has 1 fully saturated rings. The van der Waals surface area contributed by atoms with E-state index in [1.807, 2.05) is 6.07 Å². The van der Waals surface area contributed by atoms with Crippen molar-refractivity contribution < 1.29 is 4.42 Å². The zero-order chi connectivity index (χ0) is 42.4. The minimum absolute atomic E-state index is 0.561. The topological polar surface area (TPSA) is 16.4 Å². The number of rotatable bonds is 8. The zero-order valence-electron chi connectivity index (χ0n) is 35.8. The molecule has 1 aliphatic carbocycles. The molecule has 2 nitrogen and oxygen atoms in total. The van der Waals surface area contributed by atoms with Gasteiger partial charge in [0.15, 0.2) is 0 Å². The average molecular weight is 822 g/mol. The van der Waals surface area contributed by atoms with Crippen molar-refractivity contribution in [2.24, 2.45) is 0 Å². The third-order valence-corrected chi connectivity index (χ3v) is 13.7. The summed E-state index contributed by atoms with van der Waals surface area (Å²) in [5, 5.41) is 7.39. The first kappa shape index (κ1) is 38.0. The Morgan fingerprint density at radius 3 is 1.66 bits per heavy atom. The molecule has 64 heavy (non-hydrogen) atoms. The number of hydrogen-bond donors (Lipinski definition) is 0. The van der Waals surface area contributed by atoms with Gasteiger partial charge in [-0.1, -0.05) is 207 Å². The van der Waals surface area contributed by atoms with Crippen LogP contribution < -0.4 is 4.90 Å². The fourth-order valence-electron chi connectivity index (χ4n) is 10.8. The first-order chi connectivity index (χ1) is 31.8. The minimum Gasteiger partial charge on any atom is -0.455 e. The SMILES string of the molecule is c1ccc(-c2cccc3cccc(-c4ccccc4N(c4cccc(-c5cccc6c5oc5ccccc56)c4)c4ccccc4-c4cccc5cccc(C6CCCCC6)c45)c23)cc1. The minimum atomic E-state index is 0.561. The highest BCUT2D eigenvalue weighted by molar-refractivity contribution is 6.11. The normalized spacial score (nSPS) is 13.2. The lowest BCUT2D eigenvalue weighted by Crippen LogP contribution is -2.13. The highest BCUT2D eigenvalue weighted by atomic mass is 16.3. The van der Waals surface area contributed by atoms with Crippen molar-refractivity contribution in [3.63, 3.8) is 0 Å². The third kappa shape index (κ3) is 6.57. The predicted octanol–water partition coefficient (Wildman–Crippen LogP) is 18.1. The molecule has 10 aromatic carbocycles. The molecule has 306 valence electrons. The van der Waals surface area contributed by atoms with E-state index in [0.29, 0.717) is 5.92 Å². The summed E-state index contributed by atoms with van der Waals surface area (Å²) < 4.78 is 6.64. The van der Waals surface area contributed by atoms with E-state index in [4.69, 9.17) is 4.42 Å². The maximum atomic E-state index is 6.64. The van der Waals surface area contributed by atoms with Gasteiger partial charge < -0.3 is 9.32 Å². The first-order valence-corrected chi connectivity index (χ1v) is 22.9. The van der Waals surface area contributed by atoms with Crippen LogP contribution in [0.3, 0.4) is 0 Å². The molecule has 0 N–H and O–H groups in total. The van der Waals surface area contributed by atoms with Crippen LogP contribution in [0.2, 0.25) is 0 Å². The van der Waals surface area contributed by atoms with Gasteiger partial charge in [-0.05, 0) is 104 Å². The number of anilines is 3. The Labute approximate surface area is 374 Å². The van der Waals surface area contributed by atoms with Crippen molar-refractivity contribution in [2.75, 3.05) is 4.90 Å². The van der Waals surface area contributed by atoms with Crippen molar-refractivity contribution in [3.8, 4) is 44.5 Å². The Morgan fingerprint density at radius 2 is 0.906 bits per heavy atom. The first-order valence-electron chi connectivity index (χ1n) is 22.9. The lowest BCUT2D eigenvalue weighted by Gasteiger charge is -2.31. The second kappa shape index (κ2) is 16.2. The van der Waals surface area contributed by atoms with E-state index in [1.54, 1.807) is 0 Å². The predicted molar refractivity (Wildman–Crippen MR) is 271 cm³/mol. The largest absolute Gasteiger partial charge is 0.455 e. The standard InChI is InChI=1S/C62H47NO/c1-3-19-42(20-4-1)48-32-14-23-44-25-16-35-54(60(44)48)51-29-7-10-38-57(51)63(47-28-13-27-46(41-47)50-34-18-37-56-53-31-9-12-40-59(53)64-62(50)56)58-39-11-8-30-52(58)55-36-17-26-45-24-15-33-49(61(45)55)43-21-5-2-6-22-43/h1,3-4,7-20,23-41,43H,2,5-6,21-22H2. The van der Waals surface area contributed by atoms with Gasteiger partial charge in [0.05, 0.1) is 11.4 Å². The van der Waals surface area contributed by atoms with Gasteiger partial charge in [0.1, 0.15) is 11.2 Å². The molecule has 2 heteroatoms. The summed E-state index contributed by atoms with van der Waals surface area (Å²) in [6, 6.07) is 80.1. The molecular weight excluding hydrogens is 775 g/mol. The molecule has 0 aliphatic heterocycles. The lowest BCUT2D eigenvalue weighted by molar-refractivity contribution is 0.445. The summed E-state index contributed by atoms with van der Waals surface area (Å²) in [5.74, 6) is 0.561. The van der Waals surface area contributed by atoms with E-state index in [0.717, 1.165) is 55.7 Å². The van der Waals surface area contributed by atoms with Crippen LogP contribution in [-0.2, 0) is 0 Å². The van der Waals surface area contributed by atoms with Crippen molar-refractivity contribution in [2.45, 2.75) is 38.0 Å². The molecule has 0 unspecified atom stereocenters. The number of benzene rings is 10. The Balaban J connectivity index is 1.12. The second-order valence-electron chi connectivity index (χ2n) is 17.4. The molecule has 1 saturated carbocycles. The lowest BCUT2D eigenvalue weighted by atomic mass is 9.80. The Kier molecular flexibility index (Phi) is 9.64. The van der Waals surface area contributed by atoms with Gasteiger partial charge in [-0.3, -0.25) is 0 Å². The van der Waals surface area contributed by atoms with Gasteiger partial charge in [-0.25, -0.2) is 0 Å². The second-order valence-corrected chi connectivity index (χ2v) is 17.4. The zero-order valence-corrected chi connectivity index (χ0v) is 35.8. The van der Waals surface area contributed by atoms with Gasteiger partial charge in [0.2, 0.25) is 0 Å². The number of nitrogens with zero attached hydrogens (tertiary/aromatic N) is 1. The maximum absolute atomic E-state index is 6.64. The van der Waals surface area contributed by atoms with Gasteiger partial charge in [-0.15, -0.1) is 0 Å². The van der Waals surface area contributed by atoms with Gasteiger partial charge in [0, 0.05) is 33.2 Å². The van der Waals surface area contributed by atoms with Crippen LogP contribution in [0.25, 0.3) is 88.0 Å². The monoisotopic (exact) mass is 821 g/mol. The molecule has 1 aromatic heterocycles. The maximum Gasteiger partial charge on any atom is 0.143 e. The van der Waals surface area contributed by atoms with Crippen molar-refractivity contribution >= 4 is 60.5 Å². The molecule has 12 rings (SSSR count). The Morgan fingerprint density at radius 1 is 0.375 bits per heavy atom. The number of hydrogen-bond acceptors (Lipinski definition) is 2. The van der Waals surface area contributed by atoms with Crippen LogP contribution in [0.4, 0.5) is 17.1 Å². The van der Waals surface area contributed by atoms with E-state index in [2.05, 4.69) is 217 Å². The van der Waals surface area contributed by atoms with Crippen LogP contribution in [-0.4, -0.2) is 0 Å². The highest BCUT2D eigenvalue weighted by Crippen LogP contribution is 2.50. The molecule has 0 saturated heterocycles. The van der Waals surface area contributed by atoms with Gasteiger partial charge in [-0.2, -0.15) is 0 Å². The quantitative estimate of drug-likeness (QED) is 0.152. The van der Waals surface area contributed by atoms with Crippen molar-refractivity contribution in [1.29, 1.82) is 0 Å². The molecule has 0 spiro atoms. The summed E-state index contributed by atoms with van der Waals surface area (Å²) in [4.78, 5) is 2.51. The van der Waals surface area contributed by atoms with E-state index in [-0.39, 0.29) is 0 Å². The van der Waals surface area contributed by atoms with Gasteiger partial charge in [0.25, 0.3) is 0 Å². The fraction of sp³-hybridized carbons (Fsp3) is 0.0968. The summed E-state index contributed by atoms with van der Waals surface area (Å²) in [5.41, 5.74) is 16.0. The number of para-hydroxylation sites is 4. The molecule has 11 aromatic rings. The van der Waals surface area contributed by atoms with E-state index in [9.17, 15) is 0 Å². The summed E-state index contributed by atoms with van der Waals surface area (Å²) >= 11 is 0. The van der Waals surface area contributed by atoms with Gasteiger partial charge >= 0.3 is 0 Å². The summed E-state index contributed by atoms with van der Waals surface area (Å²) in [7, 11) is 0. The van der Waals surface area contributed by atoms with E-state index < -0.39 is 0 Å².